The quantitative estimate of drug-likeness (QED) is 0.814. The van der Waals surface area contributed by atoms with Gasteiger partial charge in [0.05, 0.1) is 18.9 Å². The Bertz CT molecular complexity index is 812. The third-order valence-corrected chi connectivity index (χ3v) is 6.53. The second kappa shape index (κ2) is 8.99. The van der Waals surface area contributed by atoms with E-state index in [1.807, 2.05) is 4.90 Å². The molecule has 1 amide bonds. The maximum atomic E-state index is 12.6. The number of carbonyl (C=O) groups is 1. The third-order valence-electron chi connectivity index (χ3n) is 6.53. The van der Waals surface area contributed by atoms with E-state index in [0.717, 1.165) is 57.5 Å². The summed E-state index contributed by atoms with van der Waals surface area (Å²) in [4.78, 5) is 17.3. The Morgan fingerprint density at radius 3 is 2.76 bits per heavy atom. The number of piperidine rings is 1. The van der Waals surface area contributed by atoms with Crippen LogP contribution in [0.2, 0.25) is 0 Å². The number of nitrogens with one attached hydrogen (secondary N) is 1. The summed E-state index contributed by atoms with van der Waals surface area (Å²) in [5.41, 5.74) is 3.57. The Kier molecular flexibility index (Phi) is 6.19. The van der Waals surface area contributed by atoms with Gasteiger partial charge < -0.3 is 9.64 Å². The summed E-state index contributed by atoms with van der Waals surface area (Å²) < 4.78 is 5.45. The lowest BCUT2D eigenvalue weighted by atomic mass is 9.85. The molecule has 156 valence electrons. The minimum absolute atomic E-state index is 0.0953. The maximum Gasteiger partial charge on any atom is 0.257 e. The number of H-pyrrole nitrogens is 1. The first-order valence-corrected chi connectivity index (χ1v) is 10.9. The molecule has 29 heavy (non-hydrogen) atoms. The molecule has 1 fully saturated rings. The van der Waals surface area contributed by atoms with E-state index in [4.69, 9.17) is 4.74 Å². The van der Waals surface area contributed by atoms with Gasteiger partial charge in [0.25, 0.3) is 5.91 Å². The molecule has 1 unspecified atom stereocenters. The summed E-state index contributed by atoms with van der Waals surface area (Å²) in [6.07, 6.45) is 10.0. The molecule has 4 rings (SSSR count). The molecular formula is C23H32N4O2. The van der Waals surface area contributed by atoms with Gasteiger partial charge in [0.15, 0.2) is 0 Å². The highest BCUT2D eigenvalue weighted by Gasteiger charge is 2.32. The van der Waals surface area contributed by atoms with Crippen molar-refractivity contribution in [1.82, 2.24) is 20.0 Å². The molecule has 0 bridgehead atoms. The van der Waals surface area contributed by atoms with Crippen molar-refractivity contribution in [3.8, 4) is 5.75 Å². The lowest BCUT2D eigenvalue weighted by Crippen LogP contribution is -2.51. The van der Waals surface area contributed by atoms with Crippen molar-refractivity contribution in [3.63, 3.8) is 0 Å². The molecule has 0 saturated carbocycles. The standard InChI is InChI=1S/C23H32N4O2/c1-3-10-27(21-6-4-17-5-7-22(29-2)14-18(17)13-21)20-8-11-26(12-9-20)23(28)19-15-24-25-16-19/h5,7,14-16,20-21H,3-4,6,8-13H2,1-2H3,(H,24,25). The average molecular weight is 397 g/mol. The molecule has 1 aromatic heterocycles. The molecule has 1 aromatic carbocycles. The van der Waals surface area contributed by atoms with Gasteiger partial charge >= 0.3 is 0 Å². The minimum atomic E-state index is 0.0953. The highest BCUT2D eigenvalue weighted by atomic mass is 16.5. The number of likely N-dealkylation sites (tertiary alicyclic amines) is 1. The highest BCUT2D eigenvalue weighted by Crippen LogP contribution is 2.31. The topological polar surface area (TPSA) is 61.5 Å². The lowest BCUT2D eigenvalue weighted by molar-refractivity contribution is 0.0507. The predicted octanol–water partition coefficient (Wildman–Crippen LogP) is 3.29. The first kappa shape index (κ1) is 20.0. The van der Waals surface area contributed by atoms with Crippen molar-refractivity contribution in [3.05, 3.63) is 47.3 Å². The Balaban J connectivity index is 1.41. The van der Waals surface area contributed by atoms with Gasteiger partial charge in [-0.3, -0.25) is 14.8 Å². The van der Waals surface area contributed by atoms with Crippen LogP contribution in [0.4, 0.5) is 0 Å². The van der Waals surface area contributed by atoms with E-state index in [-0.39, 0.29) is 5.91 Å². The Labute approximate surface area is 173 Å². The average Bonchev–Trinajstić information content (AvgIpc) is 3.31. The number of fused-ring (bicyclic) bond motifs is 1. The number of nitrogens with zero attached hydrogens (tertiary/aromatic N) is 3. The summed E-state index contributed by atoms with van der Waals surface area (Å²) in [6.45, 7) is 5.05. The number of aromatic amines is 1. The van der Waals surface area contributed by atoms with Crippen molar-refractivity contribution in [2.24, 2.45) is 0 Å². The first-order chi connectivity index (χ1) is 14.2. The van der Waals surface area contributed by atoms with Gasteiger partial charge in [0, 0.05) is 31.4 Å². The molecule has 1 aliphatic heterocycles. The number of aryl methyl sites for hydroxylation is 1. The van der Waals surface area contributed by atoms with Crippen LogP contribution in [0, 0.1) is 0 Å². The number of amides is 1. The van der Waals surface area contributed by atoms with Gasteiger partial charge in [-0.25, -0.2) is 0 Å². The molecule has 1 atom stereocenters. The molecule has 1 saturated heterocycles. The van der Waals surface area contributed by atoms with Crippen LogP contribution in [0.1, 0.15) is 54.1 Å². The van der Waals surface area contributed by atoms with Crippen LogP contribution >= 0.6 is 0 Å². The molecular weight excluding hydrogens is 364 g/mol. The molecule has 1 N–H and O–H groups in total. The van der Waals surface area contributed by atoms with Crippen molar-refractivity contribution >= 4 is 5.91 Å². The third kappa shape index (κ3) is 4.32. The molecule has 2 aliphatic rings. The molecule has 0 spiro atoms. The van der Waals surface area contributed by atoms with Crippen molar-refractivity contribution < 1.29 is 9.53 Å². The zero-order valence-corrected chi connectivity index (χ0v) is 17.6. The van der Waals surface area contributed by atoms with Gasteiger partial charge in [-0.2, -0.15) is 5.10 Å². The SMILES string of the molecule is CCCN(C1CCN(C(=O)c2cn[nH]c2)CC1)C1CCc2ccc(OC)cc2C1. The largest absolute Gasteiger partial charge is 0.497 e. The lowest BCUT2D eigenvalue weighted by Gasteiger charge is -2.44. The number of methoxy groups -OCH3 is 1. The number of aromatic nitrogens is 2. The van der Waals surface area contributed by atoms with Crippen LogP contribution in [-0.4, -0.2) is 64.7 Å². The number of rotatable bonds is 6. The number of hydrogen-bond acceptors (Lipinski definition) is 4. The second-order valence-electron chi connectivity index (χ2n) is 8.28. The van der Waals surface area contributed by atoms with Crippen LogP contribution in [-0.2, 0) is 12.8 Å². The van der Waals surface area contributed by atoms with E-state index >= 15 is 0 Å². The Morgan fingerprint density at radius 2 is 2.07 bits per heavy atom. The summed E-state index contributed by atoms with van der Waals surface area (Å²) in [5, 5.41) is 6.65. The molecule has 6 heteroatoms. The first-order valence-electron chi connectivity index (χ1n) is 10.9. The zero-order valence-electron chi connectivity index (χ0n) is 17.6. The summed E-state index contributed by atoms with van der Waals surface area (Å²) >= 11 is 0. The highest BCUT2D eigenvalue weighted by molar-refractivity contribution is 5.93. The maximum absolute atomic E-state index is 12.6. The summed E-state index contributed by atoms with van der Waals surface area (Å²) in [5.74, 6) is 1.05. The monoisotopic (exact) mass is 396 g/mol. The molecule has 2 aromatic rings. The van der Waals surface area contributed by atoms with E-state index in [0.29, 0.717) is 17.6 Å². The van der Waals surface area contributed by atoms with Gasteiger partial charge in [-0.05, 0) is 68.3 Å². The van der Waals surface area contributed by atoms with E-state index in [9.17, 15) is 4.79 Å². The van der Waals surface area contributed by atoms with Crippen LogP contribution in [0.25, 0.3) is 0 Å². The smallest absolute Gasteiger partial charge is 0.257 e. The van der Waals surface area contributed by atoms with Crippen LogP contribution in [0.3, 0.4) is 0 Å². The number of ether oxygens (including phenoxy) is 1. The fourth-order valence-electron chi connectivity index (χ4n) is 5.00. The number of carbonyl (C=O) groups excluding carboxylic acids is 1. The second-order valence-corrected chi connectivity index (χ2v) is 8.28. The van der Waals surface area contributed by atoms with E-state index in [1.54, 1.807) is 19.5 Å². The Morgan fingerprint density at radius 1 is 1.24 bits per heavy atom. The Hall–Kier alpha value is -2.34. The molecule has 6 nitrogen and oxygen atoms in total. The fraction of sp³-hybridized carbons (Fsp3) is 0.565. The van der Waals surface area contributed by atoms with Crippen LogP contribution < -0.4 is 4.74 Å². The molecule has 2 heterocycles. The van der Waals surface area contributed by atoms with E-state index in [2.05, 4.69) is 40.2 Å². The van der Waals surface area contributed by atoms with Crippen molar-refractivity contribution in [2.45, 2.75) is 57.5 Å². The predicted molar refractivity (Wildman–Crippen MR) is 113 cm³/mol. The molecule has 0 radical (unpaired) electrons. The van der Waals surface area contributed by atoms with Crippen molar-refractivity contribution in [2.75, 3.05) is 26.7 Å². The fourth-order valence-corrected chi connectivity index (χ4v) is 5.00. The van der Waals surface area contributed by atoms with Gasteiger partial charge in [0.2, 0.25) is 0 Å². The summed E-state index contributed by atoms with van der Waals surface area (Å²) in [7, 11) is 1.74. The van der Waals surface area contributed by atoms with Crippen LogP contribution in [0.15, 0.2) is 30.6 Å². The van der Waals surface area contributed by atoms with E-state index in [1.165, 1.54) is 17.5 Å². The number of benzene rings is 1. The van der Waals surface area contributed by atoms with Gasteiger partial charge in [-0.1, -0.05) is 13.0 Å². The summed E-state index contributed by atoms with van der Waals surface area (Å²) in [6, 6.07) is 7.67. The number of hydrogen-bond donors (Lipinski definition) is 1. The van der Waals surface area contributed by atoms with Crippen molar-refractivity contribution in [1.29, 1.82) is 0 Å². The zero-order chi connectivity index (χ0) is 20.2. The van der Waals surface area contributed by atoms with E-state index < -0.39 is 0 Å². The molecule has 1 aliphatic carbocycles. The normalized spacial score (nSPS) is 20.0. The minimum Gasteiger partial charge on any atom is -0.497 e. The van der Waals surface area contributed by atoms with Crippen LogP contribution in [0.5, 0.6) is 5.75 Å². The van der Waals surface area contributed by atoms with Gasteiger partial charge in [0.1, 0.15) is 5.75 Å². The van der Waals surface area contributed by atoms with Gasteiger partial charge in [-0.15, -0.1) is 0 Å².